The molecule has 0 radical (unpaired) electrons. The summed E-state index contributed by atoms with van der Waals surface area (Å²) >= 11 is 0.708. The van der Waals surface area contributed by atoms with E-state index in [9.17, 15) is 9.59 Å². The third kappa shape index (κ3) is 1.02. The fraction of sp³-hybridized carbons (Fsp3) is 0.333. The predicted octanol–water partition coefficient (Wildman–Crippen LogP) is 1.21. The largest absolute Gasteiger partial charge is 0.402 e. The average molecular weight is 158 g/mol. The predicted molar refractivity (Wildman–Crippen MR) is 37.6 cm³/mol. The summed E-state index contributed by atoms with van der Waals surface area (Å²) in [6.45, 7) is 2.96. The molecular weight excluding hydrogens is 152 g/mol. The molecule has 0 N–H and O–H groups in total. The maximum atomic E-state index is 10.8. The molecule has 3 nitrogen and oxygen atoms in total. The Morgan fingerprint density at radius 2 is 2.20 bits per heavy atom. The van der Waals surface area contributed by atoms with Gasteiger partial charge in [0, 0.05) is 0 Å². The van der Waals surface area contributed by atoms with Crippen molar-refractivity contribution in [2.75, 3.05) is 0 Å². The van der Waals surface area contributed by atoms with Crippen molar-refractivity contribution in [1.29, 1.82) is 0 Å². The van der Waals surface area contributed by atoms with E-state index in [1.807, 2.05) is 0 Å². The van der Waals surface area contributed by atoms with Crippen LogP contribution in [-0.4, -0.2) is 5.78 Å². The van der Waals surface area contributed by atoms with Gasteiger partial charge >= 0.3 is 0 Å². The summed E-state index contributed by atoms with van der Waals surface area (Å²) in [6, 6.07) is 0. The molecule has 1 heterocycles. The second-order valence-corrected chi connectivity index (χ2v) is 2.65. The first-order chi connectivity index (χ1) is 4.63. The Morgan fingerprint density at radius 3 is 2.40 bits per heavy atom. The van der Waals surface area contributed by atoms with E-state index in [-0.39, 0.29) is 16.1 Å². The van der Waals surface area contributed by atoms with Crippen molar-refractivity contribution in [1.82, 2.24) is 0 Å². The summed E-state index contributed by atoms with van der Waals surface area (Å²) in [5.74, 6) is 0.190. The zero-order chi connectivity index (χ0) is 7.72. The number of ketones is 1. The van der Waals surface area contributed by atoms with E-state index in [4.69, 9.17) is 3.85 Å². The number of Topliss-reactive ketones (excluding diaryl/α,β-unsaturated/α-hetero) is 1. The first-order valence-corrected chi connectivity index (χ1v) is 3.47. The van der Waals surface area contributed by atoms with Gasteiger partial charge in [0.15, 0.2) is 5.78 Å². The molecule has 0 aromatic carbocycles. The molecule has 0 spiro atoms. The Hall–Kier alpha value is -0.900. The number of carbonyl (C=O) groups excluding carboxylic acids is 1. The van der Waals surface area contributed by atoms with Gasteiger partial charge in [-0.05, 0) is 13.8 Å². The molecule has 0 atom stereocenters. The normalized spacial score (nSPS) is 9.80. The van der Waals surface area contributed by atoms with Crippen LogP contribution in [0.15, 0.2) is 8.64 Å². The SMILES string of the molecule is CC(=O)c1c(C)osc1=O. The lowest BCUT2D eigenvalue weighted by Crippen LogP contribution is -2.05. The first-order valence-electron chi connectivity index (χ1n) is 2.73. The smallest absolute Gasteiger partial charge is 0.280 e. The highest BCUT2D eigenvalue weighted by Gasteiger charge is 2.12. The van der Waals surface area contributed by atoms with E-state index in [0.717, 1.165) is 0 Å². The van der Waals surface area contributed by atoms with Crippen LogP contribution in [0.4, 0.5) is 0 Å². The van der Waals surface area contributed by atoms with E-state index < -0.39 is 0 Å². The third-order valence-electron chi connectivity index (χ3n) is 1.15. The molecule has 54 valence electrons. The van der Waals surface area contributed by atoms with Gasteiger partial charge < -0.3 is 3.85 Å². The molecule has 10 heavy (non-hydrogen) atoms. The van der Waals surface area contributed by atoms with E-state index in [0.29, 0.717) is 17.4 Å². The van der Waals surface area contributed by atoms with Gasteiger partial charge in [-0.25, -0.2) is 0 Å². The molecule has 0 fully saturated rings. The van der Waals surface area contributed by atoms with E-state index in [1.54, 1.807) is 6.92 Å². The van der Waals surface area contributed by atoms with Crippen molar-refractivity contribution < 1.29 is 8.64 Å². The number of hydrogen-bond donors (Lipinski definition) is 0. The Balaban J connectivity index is 3.37. The van der Waals surface area contributed by atoms with Gasteiger partial charge in [0.1, 0.15) is 11.3 Å². The quantitative estimate of drug-likeness (QED) is 0.577. The van der Waals surface area contributed by atoms with Crippen molar-refractivity contribution >= 4 is 17.4 Å². The molecule has 0 saturated carbocycles. The summed E-state index contributed by atoms with van der Waals surface area (Å²) in [7, 11) is 0. The first kappa shape index (κ1) is 7.21. The van der Waals surface area contributed by atoms with Crippen LogP contribution in [0.3, 0.4) is 0 Å². The number of hydrogen-bond acceptors (Lipinski definition) is 4. The van der Waals surface area contributed by atoms with Gasteiger partial charge in [-0.15, -0.1) is 0 Å². The van der Waals surface area contributed by atoms with Crippen LogP contribution in [0.1, 0.15) is 23.0 Å². The van der Waals surface area contributed by atoms with E-state index in [1.165, 1.54) is 6.92 Å². The summed E-state index contributed by atoms with van der Waals surface area (Å²) in [5, 5.41) is 0. The third-order valence-corrected chi connectivity index (χ3v) is 1.84. The maximum absolute atomic E-state index is 10.8. The number of carbonyl (C=O) groups is 1. The molecule has 0 aliphatic heterocycles. The topological polar surface area (TPSA) is 47.3 Å². The van der Waals surface area contributed by atoms with Gasteiger partial charge in [-0.3, -0.25) is 9.59 Å². The molecule has 1 aromatic rings. The second kappa shape index (κ2) is 2.38. The molecule has 0 aliphatic carbocycles. The van der Waals surface area contributed by atoms with Gasteiger partial charge in [-0.1, -0.05) is 0 Å². The minimum atomic E-state index is -0.287. The second-order valence-electron chi connectivity index (χ2n) is 1.94. The van der Waals surface area contributed by atoms with Crippen LogP contribution in [-0.2, 0) is 0 Å². The molecule has 0 bridgehead atoms. The monoisotopic (exact) mass is 158 g/mol. The van der Waals surface area contributed by atoms with Crippen LogP contribution in [0, 0.1) is 6.92 Å². The van der Waals surface area contributed by atoms with Crippen LogP contribution < -0.4 is 4.74 Å². The maximum Gasteiger partial charge on any atom is 0.280 e. The standard InChI is InChI=1S/C6H6O3S/c1-3(7)5-4(2)9-10-6(5)8/h1-2H3. The van der Waals surface area contributed by atoms with Crippen LogP contribution in [0.5, 0.6) is 0 Å². The van der Waals surface area contributed by atoms with Crippen molar-refractivity contribution in [3.05, 3.63) is 20.9 Å². The Bertz CT molecular complexity index is 307. The van der Waals surface area contributed by atoms with Gasteiger partial charge in [0.25, 0.3) is 4.74 Å². The van der Waals surface area contributed by atoms with Crippen LogP contribution in [0.25, 0.3) is 0 Å². The molecule has 0 aliphatic rings. The van der Waals surface area contributed by atoms with Crippen molar-refractivity contribution in [3.8, 4) is 0 Å². The van der Waals surface area contributed by atoms with E-state index in [2.05, 4.69) is 0 Å². The van der Waals surface area contributed by atoms with Crippen LogP contribution in [0.2, 0.25) is 0 Å². The van der Waals surface area contributed by atoms with Gasteiger partial charge in [-0.2, -0.15) is 0 Å². The molecule has 1 aromatic heterocycles. The van der Waals surface area contributed by atoms with Crippen molar-refractivity contribution in [2.24, 2.45) is 0 Å². The van der Waals surface area contributed by atoms with Crippen molar-refractivity contribution in [3.63, 3.8) is 0 Å². The Morgan fingerprint density at radius 1 is 1.60 bits per heavy atom. The molecule has 4 heteroatoms. The fourth-order valence-corrected chi connectivity index (χ4v) is 1.37. The lowest BCUT2D eigenvalue weighted by atomic mass is 10.2. The molecule has 0 unspecified atom stereocenters. The fourth-order valence-electron chi connectivity index (χ4n) is 0.719. The van der Waals surface area contributed by atoms with Gasteiger partial charge in [0.2, 0.25) is 0 Å². The summed E-state index contributed by atoms with van der Waals surface area (Å²) in [5.41, 5.74) is 0.185. The lowest BCUT2D eigenvalue weighted by Gasteiger charge is -1.83. The molecule has 0 saturated heterocycles. The van der Waals surface area contributed by atoms with Crippen molar-refractivity contribution in [2.45, 2.75) is 13.8 Å². The van der Waals surface area contributed by atoms with Crippen LogP contribution >= 0.6 is 11.6 Å². The minimum absolute atomic E-state index is 0.185. The Kier molecular flexibility index (Phi) is 1.72. The number of rotatable bonds is 1. The lowest BCUT2D eigenvalue weighted by molar-refractivity contribution is 0.101. The molecular formula is C6H6O3S. The van der Waals surface area contributed by atoms with E-state index >= 15 is 0 Å². The molecule has 1 rings (SSSR count). The zero-order valence-corrected chi connectivity index (χ0v) is 6.45. The van der Waals surface area contributed by atoms with Gasteiger partial charge in [0.05, 0.1) is 11.6 Å². The summed E-state index contributed by atoms with van der Waals surface area (Å²) < 4.78 is 4.48. The average Bonchev–Trinajstić information content (AvgIpc) is 2.11. The summed E-state index contributed by atoms with van der Waals surface area (Å²) in [6.07, 6.45) is 0. The Labute approximate surface area is 61.5 Å². The highest BCUT2D eigenvalue weighted by atomic mass is 32.1. The minimum Gasteiger partial charge on any atom is -0.402 e. The summed E-state index contributed by atoms with van der Waals surface area (Å²) in [4.78, 5) is 21.5. The zero-order valence-electron chi connectivity index (χ0n) is 5.63. The highest BCUT2D eigenvalue weighted by Crippen LogP contribution is 2.06. The number of aryl methyl sites for hydroxylation is 1. The highest BCUT2D eigenvalue weighted by molar-refractivity contribution is 7.00. The molecule has 0 amide bonds.